The molecule has 28 heavy (non-hydrogen) atoms. The molecule has 1 heterocycles. The lowest BCUT2D eigenvalue weighted by Gasteiger charge is -2.39. The highest BCUT2D eigenvalue weighted by molar-refractivity contribution is 5.80. The molecule has 1 aliphatic heterocycles. The second-order valence-electron chi connectivity index (χ2n) is 6.72. The van der Waals surface area contributed by atoms with Crippen LogP contribution in [0.3, 0.4) is 0 Å². The summed E-state index contributed by atoms with van der Waals surface area (Å²) in [7, 11) is 1.58. The molecule has 1 aromatic carbocycles. The number of aliphatic hydroxyl groups is 1. The van der Waals surface area contributed by atoms with Crippen LogP contribution in [0.5, 0.6) is 5.75 Å². The molecule has 6 nitrogen and oxygen atoms in total. The molecule has 0 spiro atoms. The number of ether oxygens (including phenoxy) is 1. The molecule has 1 aromatic rings. The molecule has 0 aliphatic carbocycles. The highest BCUT2D eigenvalue weighted by atomic mass is 19.4. The van der Waals surface area contributed by atoms with Gasteiger partial charge in [-0.15, -0.1) is 0 Å². The topological polar surface area (TPSA) is 60.3 Å². The molecule has 1 fully saturated rings. The largest absolute Gasteiger partial charge is 0.497 e. The van der Waals surface area contributed by atoms with Gasteiger partial charge in [0.2, 0.25) is 0 Å². The Labute approximate surface area is 164 Å². The average Bonchev–Trinajstić information content (AvgIpc) is 2.70. The Morgan fingerprint density at radius 3 is 2.32 bits per heavy atom. The first-order chi connectivity index (χ1) is 13.3. The fraction of sp³-hybridized carbons (Fsp3) is 0.632. The first kappa shape index (κ1) is 22.3. The molecule has 2 N–H and O–H groups in total. The van der Waals surface area contributed by atoms with E-state index in [0.29, 0.717) is 44.4 Å². The summed E-state index contributed by atoms with van der Waals surface area (Å²) in [5.74, 6) is 1.31. The van der Waals surface area contributed by atoms with E-state index in [-0.39, 0.29) is 6.54 Å². The normalized spacial score (nSPS) is 18.7. The highest BCUT2D eigenvalue weighted by Crippen LogP contribution is 2.25. The van der Waals surface area contributed by atoms with Gasteiger partial charge in [-0.1, -0.05) is 12.1 Å². The number of guanidine groups is 1. The summed E-state index contributed by atoms with van der Waals surface area (Å²) in [6.07, 6.45) is -4.99. The van der Waals surface area contributed by atoms with Crippen molar-refractivity contribution in [2.75, 3.05) is 46.4 Å². The van der Waals surface area contributed by atoms with Crippen LogP contribution in [0.4, 0.5) is 13.2 Å². The van der Waals surface area contributed by atoms with Gasteiger partial charge < -0.3 is 20.1 Å². The second-order valence-corrected chi connectivity index (χ2v) is 6.72. The maximum Gasteiger partial charge on any atom is 0.403 e. The van der Waals surface area contributed by atoms with Crippen molar-refractivity contribution < 1.29 is 23.0 Å². The SMILES string of the molecule is CCNC(=NCC(O)c1ccc(OC)cc1)N1CCN(C(C)C(F)(F)F)CC1. The second kappa shape index (κ2) is 9.97. The Kier molecular flexibility index (Phi) is 7.94. The number of benzene rings is 1. The predicted octanol–water partition coefficient (Wildman–Crippen LogP) is 2.26. The van der Waals surface area contributed by atoms with Crippen LogP contribution in [-0.2, 0) is 0 Å². The number of nitrogens with zero attached hydrogens (tertiary/aromatic N) is 3. The van der Waals surface area contributed by atoms with Crippen LogP contribution < -0.4 is 10.1 Å². The first-order valence-electron chi connectivity index (χ1n) is 9.42. The van der Waals surface area contributed by atoms with Gasteiger partial charge in [0, 0.05) is 32.7 Å². The van der Waals surface area contributed by atoms with Gasteiger partial charge in [0.25, 0.3) is 0 Å². The van der Waals surface area contributed by atoms with E-state index in [1.54, 1.807) is 31.4 Å². The Morgan fingerprint density at radius 2 is 1.82 bits per heavy atom. The van der Waals surface area contributed by atoms with Crippen molar-refractivity contribution in [1.29, 1.82) is 0 Å². The number of methoxy groups -OCH3 is 1. The number of hydrogen-bond acceptors (Lipinski definition) is 4. The lowest BCUT2D eigenvalue weighted by Crippen LogP contribution is -2.56. The Hall–Kier alpha value is -2.00. The smallest absolute Gasteiger partial charge is 0.403 e. The van der Waals surface area contributed by atoms with Gasteiger partial charge in [0.05, 0.1) is 19.8 Å². The van der Waals surface area contributed by atoms with Crippen LogP contribution in [-0.4, -0.2) is 79.5 Å². The van der Waals surface area contributed by atoms with Crippen LogP contribution in [0.1, 0.15) is 25.5 Å². The molecule has 2 rings (SSSR count). The van der Waals surface area contributed by atoms with Gasteiger partial charge in [-0.3, -0.25) is 9.89 Å². The number of hydrogen-bond donors (Lipinski definition) is 2. The third-order valence-corrected chi connectivity index (χ3v) is 4.88. The lowest BCUT2D eigenvalue weighted by atomic mass is 10.1. The molecule has 0 bridgehead atoms. The molecule has 0 amide bonds. The molecule has 1 saturated heterocycles. The number of halogens is 3. The van der Waals surface area contributed by atoms with E-state index >= 15 is 0 Å². The van der Waals surface area contributed by atoms with E-state index in [4.69, 9.17) is 4.74 Å². The lowest BCUT2D eigenvalue weighted by molar-refractivity contribution is -0.181. The number of rotatable bonds is 6. The molecule has 2 atom stereocenters. The summed E-state index contributed by atoms with van der Waals surface area (Å²) in [5.41, 5.74) is 0.726. The van der Waals surface area contributed by atoms with E-state index < -0.39 is 18.3 Å². The van der Waals surface area contributed by atoms with Crippen LogP contribution in [0.2, 0.25) is 0 Å². The fourth-order valence-corrected chi connectivity index (χ4v) is 3.06. The predicted molar refractivity (Wildman–Crippen MR) is 103 cm³/mol. The van der Waals surface area contributed by atoms with E-state index in [9.17, 15) is 18.3 Å². The van der Waals surface area contributed by atoms with Crippen LogP contribution in [0.15, 0.2) is 29.3 Å². The summed E-state index contributed by atoms with van der Waals surface area (Å²) in [6.45, 7) is 5.44. The number of piperazine rings is 1. The molecule has 0 saturated carbocycles. The minimum atomic E-state index is -4.22. The molecule has 0 aromatic heterocycles. The standard InChI is InChI=1S/C19H29F3N4O2/c1-4-23-18(24-13-17(27)15-5-7-16(28-3)8-6-15)26-11-9-25(10-12-26)14(2)19(20,21)22/h5-8,14,17,27H,4,9-13H2,1-3H3,(H,23,24). The molecule has 158 valence electrons. The summed E-state index contributed by atoms with van der Waals surface area (Å²) < 4.78 is 43.8. The van der Waals surface area contributed by atoms with E-state index in [2.05, 4.69) is 10.3 Å². The molecule has 2 unspecified atom stereocenters. The molecular formula is C19H29F3N4O2. The van der Waals surface area contributed by atoms with E-state index in [1.165, 1.54) is 11.8 Å². The van der Waals surface area contributed by atoms with Crippen LogP contribution >= 0.6 is 0 Å². The van der Waals surface area contributed by atoms with Crippen molar-refractivity contribution in [2.45, 2.75) is 32.2 Å². The summed E-state index contributed by atoms with van der Waals surface area (Å²) in [6, 6.07) is 5.65. The molecule has 1 aliphatic rings. The Morgan fingerprint density at radius 1 is 1.21 bits per heavy atom. The minimum Gasteiger partial charge on any atom is -0.497 e. The maximum absolute atomic E-state index is 12.9. The zero-order valence-electron chi connectivity index (χ0n) is 16.5. The molecule has 9 heteroatoms. The quantitative estimate of drug-likeness (QED) is 0.565. The van der Waals surface area contributed by atoms with Gasteiger partial charge >= 0.3 is 6.18 Å². The van der Waals surface area contributed by atoms with Crippen molar-refractivity contribution >= 4 is 5.96 Å². The number of nitrogens with one attached hydrogen (secondary N) is 1. The van der Waals surface area contributed by atoms with Gasteiger partial charge in [0.15, 0.2) is 5.96 Å². The number of aliphatic hydroxyl groups excluding tert-OH is 1. The van der Waals surface area contributed by atoms with Crippen LogP contribution in [0.25, 0.3) is 0 Å². The monoisotopic (exact) mass is 402 g/mol. The summed E-state index contributed by atoms with van der Waals surface area (Å²) >= 11 is 0. The maximum atomic E-state index is 12.9. The minimum absolute atomic E-state index is 0.161. The first-order valence-corrected chi connectivity index (χ1v) is 9.42. The van der Waals surface area contributed by atoms with E-state index in [1.807, 2.05) is 11.8 Å². The van der Waals surface area contributed by atoms with Crippen molar-refractivity contribution in [3.8, 4) is 5.75 Å². The highest BCUT2D eigenvalue weighted by Gasteiger charge is 2.41. The van der Waals surface area contributed by atoms with Gasteiger partial charge in [0.1, 0.15) is 11.8 Å². The van der Waals surface area contributed by atoms with Crippen molar-refractivity contribution in [1.82, 2.24) is 15.1 Å². The van der Waals surface area contributed by atoms with Crippen LogP contribution in [0, 0.1) is 0 Å². The van der Waals surface area contributed by atoms with Crippen molar-refractivity contribution in [2.24, 2.45) is 4.99 Å². The third kappa shape index (κ3) is 6.00. The zero-order valence-corrected chi connectivity index (χ0v) is 16.5. The average molecular weight is 402 g/mol. The number of alkyl halides is 3. The summed E-state index contributed by atoms with van der Waals surface area (Å²) in [5, 5.41) is 13.5. The van der Waals surface area contributed by atoms with Crippen molar-refractivity contribution in [3.63, 3.8) is 0 Å². The molecule has 0 radical (unpaired) electrons. The zero-order chi connectivity index (χ0) is 20.7. The third-order valence-electron chi connectivity index (χ3n) is 4.88. The van der Waals surface area contributed by atoms with Crippen molar-refractivity contribution in [3.05, 3.63) is 29.8 Å². The van der Waals surface area contributed by atoms with Gasteiger partial charge in [-0.05, 0) is 31.5 Å². The van der Waals surface area contributed by atoms with Gasteiger partial charge in [-0.2, -0.15) is 13.2 Å². The fourth-order valence-electron chi connectivity index (χ4n) is 3.06. The Bertz CT molecular complexity index is 629. The van der Waals surface area contributed by atoms with Gasteiger partial charge in [-0.25, -0.2) is 0 Å². The van der Waals surface area contributed by atoms with E-state index in [0.717, 1.165) is 5.56 Å². The summed E-state index contributed by atoms with van der Waals surface area (Å²) in [4.78, 5) is 7.86. The Balaban J connectivity index is 1.96. The number of aliphatic imine (C=N–C) groups is 1. The molecular weight excluding hydrogens is 373 g/mol.